The van der Waals surface area contributed by atoms with Gasteiger partial charge in [0.05, 0.1) is 17.0 Å². The van der Waals surface area contributed by atoms with Gasteiger partial charge in [0.25, 0.3) is 0 Å². The highest BCUT2D eigenvalue weighted by Crippen LogP contribution is 2.20. The molecule has 38 valence electrons. The molecular weight excluding hydrogens is 131 g/mol. The molecule has 3 heteroatoms. The fourth-order valence-corrected chi connectivity index (χ4v) is 1.33. The van der Waals surface area contributed by atoms with E-state index < -0.39 is 0 Å². The molecule has 0 nitrogen and oxygen atoms in total. The van der Waals surface area contributed by atoms with Gasteiger partial charge in [0.1, 0.15) is 0 Å². The summed E-state index contributed by atoms with van der Waals surface area (Å²) < 4.78 is 11.5. The van der Waals surface area contributed by atoms with Crippen LogP contribution in [0.2, 0.25) is 0 Å². The topological polar surface area (TPSA) is 0 Å². The Hall–Kier alpha value is -0.0200. The normalized spacial score (nSPS) is 9.29. The predicted molar refractivity (Wildman–Crippen MR) is 31.3 cm³/mol. The standard InChI is InChI=1S/C4H3FS2/c5-7-4-1-2-6-3-4/h1-3H. The van der Waals surface area contributed by atoms with E-state index in [9.17, 15) is 3.89 Å². The Balaban J connectivity index is 2.76. The molecule has 0 radical (unpaired) electrons. The van der Waals surface area contributed by atoms with E-state index in [4.69, 9.17) is 0 Å². The van der Waals surface area contributed by atoms with Crippen LogP contribution in [0.3, 0.4) is 0 Å². The summed E-state index contributed by atoms with van der Waals surface area (Å²) in [7, 11) is 0. The molecule has 0 fully saturated rings. The molecule has 1 rings (SSSR count). The highest BCUT2D eigenvalue weighted by Gasteiger charge is 1.87. The van der Waals surface area contributed by atoms with Crippen molar-refractivity contribution in [2.75, 3.05) is 0 Å². The summed E-state index contributed by atoms with van der Waals surface area (Å²) in [5.74, 6) is 0. The van der Waals surface area contributed by atoms with E-state index in [2.05, 4.69) is 0 Å². The van der Waals surface area contributed by atoms with Gasteiger partial charge >= 0.3 is 0 Å². The third kappa shape index (κ3) is 1.17. The molecule has 0 spiro atoms. The van der Waals surface area contributed by atoms with E-state index in [0.29, 0.717) is 4.90 Å². The van der Waals surface area contributed by atoms with Crippen molar-refractivity contribution in [1.29, 1.82) is 0 Å². The van der Waals surface area contributed by atoms with Crippen molar-refractivity contribution in [2.24, 2.45) is 0 Å². The zero-order valence-electron chi connectivity index (χ0n) is 3.43. The molecule has 1 aromatic heterocycles. The summed E-state index contributed by atoms with van der Waals surface area (Å²) in [6.45, 7) is 0. The molecule has 1 aromatic rings. The molecule has 0 amide bonds. The van der Waals surface area contributed by atoms with Gasteiger partial charge in [0.15, 0.2) is 0 Å². The Morgan fingerprint density at radius 2 is 2.57 bits per heavy atom. The molecule has 0 aromatic carbocycles. The number of thiophene rings is 1. The Bertz CT molecular complexity index is 124. The van der Waals surface area contributed by atoms with E-state index in [1.54, 1.807) is 11.4 Å². The second-order valence-corrected chi connectivity index (χ2v) is 2.44. The first kappa shape index (κ1) is 5.12. The summed E-state index contributed by atoms with van der Waals surface area (Å²) in [6, 6.07) is 1.75. The fraction of sp³-hybridized carbons (Fsp3) is 0. The Labute approximate surface area is 49.7 Å². The average molecular weight is 134 g/mol. The molecule has 0 aliphatic heterocycles. The third-order valence-electron chi connectivity index (χ3n) is 0.584. The summed E-state index contributed by atoms with van der Waals surface area (Å²) in [5, 5.41) is 3.62. The first-order valence-corrected chi connectivity index (χ1v) is 3.40. The monoisotopic (exact) mass is 134 g/mol. The molecule has 0 N–H and O–H groups in total. The maximum Gasteiger partial charge on any atom is 0.0820 e. The van der Waals surface area contributed by atoms with Crippen LogP contribution >= 0.6 is 23.5 Å². The lowest BCUT2D eigenvalue weighted by atomic mass is 10.7. The predicted octanol–water partition coefficient (Wildman–Crippen LogP) is 2.72. The number of hydrogen-bond acceptors (Lipinski definition) is 2. The molecule has 7 heavy (non-hydrogen) atoms. The molecule has 0 saturated heterocycles. The number of hydrogen-bond donors (Lipinski definition) is 0. The zero-order valence-corrected chi connectivity index (χ0v) is 5.06. The van der Waals surface area contributed by atoms with Crippen molar-refractivity contribution < 1.29 is 3.89 Å². The fourth-order valence-electron chi connectivity index (χ4n) is 0.296. The van der Waals surface area contributed by atoms with Gasteiger partial charge in [-0.1, -0.05) is 0 Å². The largest absolute Gasteiger partial charge is 0.160 e. The van der Waals surface area contributed by atoms with E-state index in [-0.39, 0.29) is 12.1 Å². The van der Waals surface area contributed by atoms with Crippen LogP contribution in [0.5, 0.6) is 0 Å². The molecule has 0 aliphatic rings. The van der Waals surface area contributed by atoms with Crippen molar-refractivity contribution >= 4 is 23.5 Å². The average Bonchev–Trinajstić information content (AvgIpc) is 2.14. The van der Waals surface area contributed by atoms with Gasteiger partial charge in [-0.15, -0.1) is 0 Å². The van der Waals surface area contributed by atoms with Crippen LogP contribution in [-0.4, -0.2) is 0 Å². The maximum absolute atomic E-state index is 11.5. The SMILES string of the molecule is FSc1ccsc1. The summed E-state index contributed by atoms with van der Waals surface area (Å²) >= 11 is 1.79. The maximum atomic E-state index is 11.5. The van der Waals surface area contributed by atoms with Gasteiger partial charge in [-0.3, -0.25) is 0 Å². The molecule has 0 saturated carbocycles. The third-order valence-corrected chi connectivity index (χ3v) is 1.85. The molecule has 0 aliphatic carbocycles. The van der Waals surface area contributed by atoms with Gasteiger partial charge in [0, 0.05) is 5.38 Å². The van der Waals surface area contributed by atoms with Crippen molar-refractivity contribution in [3.05, 3.63) is 16.8 Å². The first-order valence-electron chi connectivity index (χ1n) is 1.74. The lowest BCUT2D eigenvalue weighted by Crippen LogP contribution is -1.44. The second-order valence-electron chi connectivity index (χ2n) is 1.04. The van der Waals surface area contributed by atoms with Gasteiger partial charge < -0.3 is 0 Å². The van der Waals surface area contributed by atoms with Crippen molar-refractivity contribution in [3.8, 4) is 0 Å². The van der Waals surface area contributed by atoms with Gasteiger partial charge in [-0.25, -0.2) is 0 Å². The van der Waals surface area contributed by atoms with Gasteiger partial charge in [-0.05, 0) is 11.4 Å². The van der Waals surface area contributed by atoms with Crippen molar-refractivity contribution in [3.63, 3.8) is 0 Å². The minimum absolute atomic E-state index is 0.286. The smallest absolute Gasteiger partial charge is 0.0820 e. The summed E-state index contributed by atoms with van der Waals surface area (Å²) in [4.78, 5) is 0.699. The number of rotatable bonds is 1. The molecular formula is C4H3FS2. The minimum Gasteiger partial charge on any atom is -0.160 e. The summed E-state index contributed by atoms with van der Waals surface area (Å²) in [5.41, 5.74) is 0. The quantitative estimate of drug-likeness (QED) is 0.569. The summed E-state index contributed by atoms with van der Waals surface area (Å²) in [6.07, 6.45) is 0. The van der Waals surface area contributed by atoms with Crippen LogP contribution in [-0.2, 0) is 0 Å². The number of halogens is 1. The second kappa shape index (κ2) is 2.33. The van der Waals surface area contributed by atoms with Gasteiger partial charge in [0.2, 0.25) is 0 Å². The van der Waals surface area contributed by atoms with E-state index in [1.165, 1.54) is 11.3 Å². The van der Waals surface area contributed by atoms with E-state index in [1.807, 2.05) is 5.38 Å². The Morgan fingerprint density at radius 1 is 1.71 bits per heavy atom. The lowest BCUT2D eigenvalue weighted by molar-refractivity contribution is 0.935. The van der Waals surface area contributed by atoms with Crippen molar-refractivity contribution in [2.45, 2.75) is 4.90 Å². The molecule has 0 unspecified atom stereocenters. The molecule has 0 atom stereocenters. The van der Waals surface area contributed by atoms with E-state index >= 15 is 0 Å². The lowest BCUT2D eigenvalue weighted by Gasteiger charge is -1.73. The van der Waals surface area contributed by atoms with Crippen LogP contribution in [0.1, 0.15) is 0 Å². The first-order chi connectivity index (χ1) is 3.43. The van der Waals surface area contributed by atoms with E-state index in [0.717, 1.165) is 0 Å². The van der Waals surface area contributed by atoms with Crippen LogP contribution in [0.15, 0.2) is 21.7 Å². The molecule has 1 heterocycles. The Morgan fingerprint density at radius 3 is 2.86 bits per heavy atom. The highest BCUT2D eigenvalue weighted by molar-refractivity contribution is 7.94. The van der Waals surface area contributed by atoms with Crippen LogP contribution in [0.4, 0.5) is 3.89 Å². The van der Waals surface area contributed by atoms with Crippen LogP contribution < -0.4 is 0 Å². The van der Waals surface area contributed by atoms with Crippen LogP contribution in [0.25, 0.3) is 0 Å². The van der Waals surface area contributed by atoms with Crippen LogP contribution in [0, 0.1) is 0 Å². The minimum atomic E-state index is 0.286. The zero-order chi connectivity index (χ0) is 5.11. The highest BCUT2D eigenvalue weighted by atomic mass is 32.2. The Kier molecular flexibility index (Phi) is 1.70. The molecule has 0 bridgehead atoms. The van der Waals surface area contributed by atoms with Crippen molar-refractivity contribution in [1.82, 2.24) is 0 Å². The van der Waals surface area contributed by atoms with Gasteiger partial charge in [-0.2, -0.15) is 15.2 Å².